The van der Waals surface area contributed by atoms with Gasteiger partial charge in [0.1, 0.15) is 0 Å². The second kappa shape index (κ2) is 4.88. The van der Waals surface area contributed by atoms with E-state index in [1.165, 1.54) is 16.2 Å². The molecule has 4 heteroatoms. The Morgan fingerprint density at radius 2 is 2.00 bits per heavy atom. The lowest BCUT2D eigenvalue weighted by Gasteiger charge is -1.95. The zero-order valence-electron chi connectivity index (χ0n) is 7.71. The molecule has 0 saturated carbocycles. The van der Waals surface area contributed by atoms with Crippen LogP contribution in [0.25, 0.3) is 0 Å². The van der Waals surface area contributed by atoms with Crippen molar-refractivity contribution in [3.05, 3.63) is 42.0 Å². The van der Waals surface area contributed by atoms with Gasteiger partial charge in [-0.25, -0.2) is 0 Å². The van der Waals surface area contributed by atoms with Crippen LogP contribution in [0.2, 0.25) is 0 Å². The predicted molar refractivity (Wildman–Crippen MR) is 67.5 cm³/mol. The van der Waals surface area contributed by atoms with E-state index in [1.807, 2.05) is 36.4 Å². The summed E-state index contributed by atoms with van der Waals surface area (Å²) in [7, 11) is 0. The van der Waals surface area contributed by atoms with E-state index in [4.69, 9.17) is 0 Å². The molecule has 0 amide bonds. The fraction of sp³-hybridized carbons (Fsp3) is 0. The first-order valence-corrected chi connectivity index (χ1v) is 6.38. The summed E-state index contributed by atoms with van der Waals surface area (Å²) >= 11 is 7.42. The highest BCUT2D eigenvalue weighted by Crippen LogP contribution is 2.36. The Morgan fingerprint density at radius 3 is 2.60 bits per heavy atom. The second-order valence-corrected chi connectivity index (χ2v) is 6.03. The van der Waals surface area contributed by atoms with E-state index in [2.05, 4.69) is 12.6 Å². The maximum Gasteiger partial charge on any atom is 0.152 e. The number of carbonyl (C=O) groups is 1. The molecule has 1 heterocycles. The number of rotatable bonds is 3. The third-order valence-corrected chi connectivity index (χ3v) is 4.41. The zero-order chi connectivity index (χ0) is 10.7. The molecular weight excluding hydrogens is 244 g/mol. The molecule has 0 bridgehead atoms. The van der Waals surface area contributed by atoms with E-state index in [0.717, 1.165) is 14.7 Å². The van der Waals surface area contributed by atoms with Crippen molar-refractivity contribution in [2.75, 3.05) is 0 Å². The van der Waals surface area contributed by atoms with Crippen LogP contribution < -0.4 is 0 Å². The van der Waals surface area contributed by atoms with Gasteiger partial charge in [0.05, 0.1) is 8.42 Å². The van der Waals surface area contributed by atoms with Crippen LogP contribution in [-0.2, 0) is 0 Å². The maximum absolute atomic E-state index is 10.6. The SMILES string of the molecule is O=Cc1cc(Sc2ccccc2)sc1S. The minimum Gasteiger partial charge on any atom is -0.298 e. The summed E-state index contributed by atoms with van der Waals surface area (Å²) in [5.41, 5.74) is 0.668. The number of hydrogen-bond donors (Lipinski definition) is 1. The van der Waals surface area contributed by atoms with Crippen molar-refractivity contribution in [3.63, 3.8) is 0 Å². The Balaban J connectivity index is 2.21. The summed E-state index contributed by atoms with van der Waals surface area (Å²) in [6, 6.07) is 11.9. The molecule has 0 aliphatic rings. The Kier molecular flexibility index (Phi) is 3.51. The van der Waals surface area contributed by atoms with Gasteiger partial charge in [-0.3, -0.25) is 4.79 Å². The van der Waals surface area contributed by atoms with E-state index in [9.17, 15) is 4.79 Å². The molecule has 0 spiro atoms. The molecule has 1 nitrogen and oxygen atoms in total. The summed E-state index contributed by atoms with van der Waals surface area (Å²) in [5, 5.41) is 0. The first kappa shape index (κ1) is 10.8. The fourth-order valence-electron chi connectivity index (χ4n) is 1.11. The van der Waals surface area contributed by atoms with Crippen LogP contribution >= 0.6 is 35.7 Å². The smallest absolute Gasteiger partial charge is 0.152 e. The van der Waals surface area contributed by atoms with E-state index < -0.39 is 0 Å². The number of benzene rings is 1. The number of carbonyl (C=O) groups excluding carboxylic acids is 1. The van der Waals surface area contributed by atoms with Gasteiger partial charge in [-0.15, -0.1) is 24.0 Å². The van der Waals surface area contributed by atoms with Crippen molar-refractivity contribution in [1.29, 1.82) is 0 Å². The molecule has 0 fully saturated rings. The molecular formula is C11H8OS3. The topological polar surface area (TPSA) is 17.1 Å². The maximum atomic E-state index is 10.6. The molecule has 0 aliphatic heterocycles. The standard InChI is InChI=1S/C11H8OS3/c12-7-8-6-10(15-11(8)13)14-9-4-2-1-3-5-9/h1-7,13H. The Labute approximate surface area is 102 Å². The lowest BCUT2D eigenvalue weighted by molar-refractivity contribution is 0.112. The molecule has 0 aliphatic carbocycles. The summed E-state index contributed by atoms with van der Waals surface area (Å²) < 4.78 is 1.87. The van der Waals surface area contributed by atoms with Crippen LogP contribution in [0.4, 0.5) is 0 Å². The molecule has 2 rings (SSSR count). The van der Waals surface area contributed by atoms with Crippen LogP contribution in [0.15, 0.2) is 49.7 Å². The van der Waals surface area contributed by atoms with Crippen LogP contribution in [0.1, 0.15) is 10.4 Å². The molecule has 0 N–H and O–H groups in total. The van der Waals surface area contributed by atoms with Gasteiger partial charge < -0.3 is 0 Å². The average molecular weight is 252 g/mol. The Hall–Kier alpha value is -0.710. The van der Waals surface area contributed by atoms with Crippen molar-refractivity contribution in [2.45, 2.75) is 13.3 Å². The van der Waals surface area contributed by atoms with Crippen molar-refractivity contribution < 1.29 is 4.79 Å². The van der Waals surface area contributed by atoms with Gasteiger partial charge in [-0.2, -0.15) is 0 Å². The molecule has 15 heavy (non-hydrogen) atoms. The second-order valence-electron chi connectivity index (χ2n) is 2.86. The highest BCUT2D eigenvalue weighted by Gasteiger charge is 2.06. The van der Waals surface area contributed by atoms with Gasteiger partial charge in [-0.05, 0) is 18.2 Å². The molecule has 0 saturated heterocycles. The van der Waals surface area contributed by atoms with Crippen molar-refractivity contribution in [1.82, 2.24) is 0 Å². The van der Waals surface area contributed by atoms with E-state index in [1.54, 1.807) is 11.8 Å². The summed E-state index contributed by atoms with van der Waals surface area (Å²) in [6.07, 6.45) is 0.841. The number of hydrogen-bond acceptors (Lipinski definition) is 4. The van der Waals surface area contributed by atoms with E-state index in [0.29, 0.717) is 5.56 Å². The van der Waals surface area contributed by atoms with Crippen molar-refractivity contribution in [2.24, 2.45) is 0 Å². The quantitative estimate of drug-likeness (QED) is 0.657. The third-order valence-electron chi connectivity index (χ3n) is 1.81. The molecule has 1 aromatic heterocycles. The third kappa shape index (κ3) is 2.65. The highest BCUT2D eigenvalue weighted by atomic mass is 32.2. The Bertz CT molecular complexity index is 462. The molecule has 0 unspecified atom stereocenters. The normalized spacial score (nSPS) is 10.2. The monoisotopic (exact) mass is 252 g/mol. The van der Waals surface area contributed by atoms with E-state index >= 15 is 0 Å². The predicted octanol–water partition coefficient (Wildman–Crippen LogP) is 4.00. The van der Waals surface area contributed by atoms with Crippen LogP contribution in [0.3, 0.4) is 0 Å². The minimum atomic E-state index is 0.668. The molecule has 76 valence electrons. The van der Waals surface area contributed by atoms with Gasteiger partial charge >= 0.3 is 0 Å². The van der Waals surface area contributed by atoms with Gasteiger partial charge in [0.15, 0.2) is 6.29 Å². The average Bonchev–Trinajstić information content (AvgIpc) is 2.60. The summed E-state index contributed by atoms with van der Waals surface area (Å²) in [6.45, 7) is 0. The highest BCUT2D eigenvalue weighted by molar-refractivity contribution is 8.01. The summed E-state index contributed by atoms with van der Waals surface area (Å²) in [4.78, 5) is 11.8. The first-order valence-electron chi connectivity index (χ1n) is 4.30. The number of thiol groups is 1. The lowest BCUT2D eigenvalue weighted by atomic mass is 10.4. The number of thiophene rings is 1. The fourth-order valence-corrected chi connectivity index (χ4v) is 3.73. The summed E-state index contributed by atoms with van der Waals surface area (Å²) in [5.74, 6) is 0. The van der Waals surface area contributed by atoms with Gasteiger partial charge in [-0.1, -0.05) is 30.0 Å². The number of aldehydes is 1. The zero-order valence-corrected chi connectivity index (χ0v) is 10.2. The van der Waals surface area contributed by atoms with Crippen molar-refractivity contribution in [3.8, 4) is 0 Å². The molecule has 1 aromatic carbocycles. The van der Waals surface area contributed by atoms with Crippen LogP contribution in [-0.4, -0.2) is 6.29 Å². The Morgan fingerprint density at radius 1 is 1.27 bits per heavy atom. The van der Waals surface area contributed by atoms with Gasteiger partial charge in [0.25, 0.3) is 0 Å². The molecule has 0 atom stereocenters. The lowest BCUT2D eigenvalue weighted by Crippen LogP contribution is -1.71. The largest absolute Gasteiger partial charge is 0.298 e. The van der Waals surface area contributed by atoms with Crippen molar-refractivity contribution >= 4 is 42.0 Å². The van der Waals surface area contributed by atoms with Crippen LogP contribution in [0, 0.1) is 0 Å². The van der Waals surface area contributed by atoms with E-state index in [-0.39, 0.29) is 0 Å². The van der Waals surface area contributed by atoms with Gasteiger partial charge in [0.2, 0.25) is 0 Å². The first-order chi connectivity index (χ1) is 7.29. The minimum absolute atomic E-state index is 0.668. The van der Waals surface area contributed by atoms with Crippen LogP contribution in [0.5, 0.6) is 0 Å². The van der Waals surface area contributed by atoms with Gasteiger partial charge in [0, 0.05) is 10.5 Å². The molecule has 0 radical (unpaired) electrons. The molecule has 2 aromatic rings.